The first-order valence-corrected chi connectivity index (χ1v) is 25.7. The monoisotopic (exact) mass is 1060 g/mol. The summed E-state index contributed by atoms with van der Waals surface area (Å²) in [6, 6.07) is 0. The van der Waals surface area contributed by atoms with Gasteiger partial charge in [-0.05, 0) is 27.7 Å². The molecule has 332 valence electrons. The first kappa shape index (κ1) is 67.5. The summed E-state index contributed by atoms with van der Waals surface area (Å²) in [5.41, 5.74) is -12.7. The fourth-order valence-corrected chi connectivity index (χ4v) is 10.9. The lowest BCUT2D eigenvalue weighted by Gasteiger charge is -2.40. The van der Waals surface area contributed by atoms with Crippen LogP contribution in [0.15, 0.2) is 4.42 Å². The van der Waals surface area contributed by atoms with Crippen molar-refractivity contribution in [2.45, 2.75) is 0 Å². The molecule has 2 aromatic heterocycles. The van der Waals surface area contributed by atoms with Crippen molar-refractivity contribution in [1.82, 2.24) is 15.0 Å². The van der Waals surface area contributed by atoms with Gasteiger partial charge in [0.05, 0.1) is 0 Å². The lowest BCUT2D eigenvalue weighted by molar-refractivity contribution is 0.675. The van der Waals surface area contributed by atoms with Gasteiger partial charge in [-0.3, -0.25) is 0 Å². The zero-order chi connectivity index (χ0) is 66.9. The van der Waals surface area contributed by atoms with E-state index < -0.39 is 49.8 Å². The molecule has 0 aliphatic heterocycles. The number of anilines is 3. The SMILES string of the molecule is [B]c1c([B])c([B])c(-c2nc(-c3c([B])c([B])c([B])c([B])c3[B])nc(-c3c([B])c(-c4c([B])c([B])c(N(c5c([B])c([B])c([B])c([B])c5[B])c5c([B])c([B])c(-c6c([B])c([B])c([B])c([B])c6[B])c([B])c5[B])c([B])c4[B])c([B])c4oc5c([B])c([B])c([B])c([B])c5c34)n2)c([B])c1[B]. The van der Waals surface area contributed by atoms with Crippen LogP contribution >= 0.6 is 0 Å². The number of fused-ring (bicyclic) bond motifs is 3. The van der Waals surface area contributed by atoms with Crippen molar-refractivity contribution in [3.63, 3.8) is 0 Å². The standard InChI is InChI=1S/C51B34N4O/c52-10-2(3-13(55)37(79)44(38(80)14(3)56)89(46-41(83)34(76)33(75)35(77)42(46)84)45-39(81)15(57)5(16(58)40(45)82)4-11(53)23(65)30(72)24(66)12(4)54)22(64)47-1(6-17(59)25(67)36(78)43(85)48(6)90-47)7(10)49-86-50(8-18(60)26(68)31(73)27(69)19(8)61)88-51(87-49)9-20(62)28(70)32(74)29(71)21(9)63. The molecule has 39 heteroatoms. The molecule has 2 heterocycles. The Kier molecular flexibility index (Phi) is 17.9. The van der Waals surface area contributed by atoms with E-state index in [4.69, 9.17) is 286 Å². The molecule has 0 atom stereocenters. The molecule has 68 radical (unpaired) electrons. The third-order valence-corrected chi connectivity index (χ3v) is 16.1. The average molecular weight is 1050 g/mol. The van der Waals surface area contributed by atoms with Gasteiger partial charge in [0, 0.05) is 44.5 Å². The predicted molar refractivity (Wildman–Crippen MR) is 412 cm³/mol. The highest BCUT2D eigenvalue weighted by molar-refractivity contribution is 6.76. The van der Waals surface area contributed by atoms with E-state index in [0.29, 0.717) is 0 Å². The molecule has 0 saturated heterocycles. The van der Waals surface area contributed by atoms with Crippen LogP contribution in [-0.2, 0) is 0 Å². The van der Waals surface area contributed by atoms with E-state index in [1.165, 1.54) is 0 Å². The maximum absolute atomic E-state index is 7.50. The van der Waals surface area contributed by atoms with Gasteiger partial charge in [0.25, 0.3) is 0 Å². The van der Waals surface area contributed by atoms with Crippen LogP contribution in [0.2, 0.25) is 0 Å². The highest BCUT2D eigenvalue weighted by Gasteiger charge is 2.33. The van der Waals surface area contributed by atoms with E-state index >= 15 is 0 Å². The molecule has 8 aromatic carbocycles. The first-order valence-electron chi connectivity index (χ1n) is 25.7. The van der Waals surface area contributed by atoms with Crippen molar-refractivity contribution < 1.29 is 4.42 Å². The number of benzene rings is 8. The minimum atomic E-state index is -0.491. The lowest BCUT2D eigenvalue weighted by atomic mass is 9.56. The minimum absolute atomic E-state index is 0.0331. The van der Waals surface area contributed by atoms with Gasteiger partial charge in [0.2, 0.25) is 0 Å². The Bertz CT molecular complexity index is 4710. The summed E-state index contributed by atoms with van der Waals surface area (Å²) in [6.07, 6.45) is 0. The number of rotatable bonds is 8. The van der Waals surface area contributed by atoms with Crippen molar-refractivity contribution in [2.24, 2.45) is 0 Å². The van der Waals surface area contributed by atoms with Crippen molar-refractivity contribution in [3.05, 3.63) is 0 Å². The molecule has 0 aliphatic rings. The van der Waals surface area contributed by atoms with Crippen molar-refractivity contribution in [2.75, 3.05) is 4.90 Å². The lowest BCUT2D eigenvalue weighted by Crippen LogP contribution is -2.59. The van der Waals surface area contributed by atoms with Gasteiger partial charge in [-0.15, -0.1) is 76.5 Å². The molecule has 0 amide bonds. The van der Waals surface area contributed by atoms with Crippen LogP contribution in [0, 0.1) is 0 Å². The van der Waals surface area contributed by atoms with Crippen molar-refractivity contribution in [3.8, 4) is 56.4 Å². The van der Waals surface area contributed by atoms with Gasteiger partial charge in [-0.1, -0.05) is 104 Å². The smallest absolute Gasteiger partial charge is 0.164 e. The summed E-state index contributed by atoms with van der Waals surface area (Å²) < 4.78 is 6.54. The molecular weight excluding hydrogens is 1050 g/mol. The topological polar surface area (TPSA) is 55.1 Å². The molecule has 0 saturated carbocycles. The number of hydrogen-bond donors (Lipinski definition) is 0. The molecule has 0 fully saturated rings. The second-order valence-corrected chi connectivity index (χ2v) is 20.9. The molecular formula is C51B34N4O. The molecule has 90 heavy (non-hydrogen) atoms. The summed E-state index contributed by atoms with van der Waals surface area (Å²) >= 11 is 0. The quantitative estimate of drug-likeness (QED) is 0.142. The second kappa shape index (κ2) is 23.9. The molecule has 5 nitrogen and oxygen atoms in total. The fraction of sp³-hybridized carbons (Fsp3) is 0. The highest BCUT2D eigenvalue weighted by atomic mass is 16.3. The molecule has 0 spiro atoms. The van der Waals surface area contributed by atoms with Gasteiger partial charge in [-0.2, -0.15) is 0 Å². The van der Waals surface area contributed by atoms with E-state index in [2.05, 4.69) is 0 Å². The van der Waals surface area contributed by atoms with E-state index in [9.17, 15) is 0 Å². The Morgan fingerprint density at radius 3 is 0.678 bits per heavy atom. The van der Waals surface area contributed by atoms with Crippen LogP contribution < -0.4 is 191 Å². The Morgan fingerprint density at radius 1 is 0.167 bits per heavy atom. The average Bonchev–Trinajstić information content (AvgIpc) is 1.73. The zero-order valence-corrected chi connectivity index (χ0v) is 47.3. The summed E-state index contributed by atoms with van der Waals surface area (Å²) in [5.74, 6) is -1.20. The predicted octanol–water partition coefficient (Wildman–Crippen LogP) is -27.4. The first-order chi connectivity index (χ1) is 41.9. The number of furan rings is 1. The van der Waals surface area contributed by atoms with Gasteiger partial charge < -0.3 is 9.32 Å². The minimum Gasteiger partial charge on any atom is -0.457 e. The highest BCUT2D eigenvalue weighted by Crippen LogP contribution is 2.36. The summed E-state index contributed by atoms with van der Waals surface area (Å²) in [5, 5.41) is -0.116. The Labute approximate surface area is 568 Å². The number of nitrogens with zero attached hydrogens (tertiary/aromatic N) is 4. The summed E-state index contributed by atoms with van der Waals surface area (Å²) in [7, 11) is 227. The Balaban J connectivity index is 1.38. The third-order valence-electron chi connectivity index (χ3n) is 16.1. The maximum Gasteiger partial charge on any atom is 0.164 e. The van der Waals surface area contributed by atoms with Crippen LogP contribution in [0.25, 0.3) is 78.4 Å². The molecule has 0 aliphatic carbocycles. The van der Waals surface area contributed by atoms with Crippen molar-refractivity contribution >= 4 is 492 Å². The summed E-state index contributed by atoms with van der Waals surface area (Å²) in [6.45, 7) is 0. The van der Waals surface area contributed by atoms with Gasteiger partial charge in [0.15, 0.2) is 17.5 Å². The molecule has 10 aromatic rings. The van der Waals surface area contributed by atoms with Crippen LogP contribution in [0.3, 0.4) is 0 Å². The van der Waals surface area contributed by atoms with Gasteiger partial charge in [0.1, 0.15) is 278 Å². The van der Waals surface area contributed by atoms with E-state index in [0.717, 1.165) is 4.90 Å². The zero-order valence-electron chi connectivity index (χ0n) is 47.3. The maximum atomic E-state index is 7.50. The van der Waals surface area contributed by atoms with Gasteiger partial charge >= 0.3 is 0 Å². The Hall–Kier alpha value is -5.42. The normalized spacial score (nSPS) is 11.5. The van der Waals surface area contributed by atoms with Crippen LogP contribution in [0.4, 0.5) is 17.1 Å². The van der Waals surface area contributed by atoms with E-state index in [1.54, 1.807) is 0 Å². The van der Waals surface area contributed by atoms with Crippen LogP contribution in [0.1, 0.15) is 0 Å². The number of aromatic nitrogens is 3. The van der Waals surface area contributed by atoms with E-state index in [1.807, 2.05) is 0 Å². The largest absolute Gasteiger partial charge is 0.457 e. The van der Waals surface area contributed by atoms with Crippen LogP contribution in [0.5, 0.6) is 0 Å². The Morgan fingerprint density at radius 2 is 0.367 bits per heavy atom. The molecule has 0 N–H and O–H groups in total. The van der Waals surface area contributed by atoms with Crippen molar-refractivity contribution in [1.29, 1.82) is 0 Å². The molecule has 10 rings (SSSR count). The third kappa shape index (κ3) is 9.65. The summed E-state index contributed by atoms with van der Waals surface area (Å²) in [4.78, 5) is 15.5. The number of hydrogen-bond acceptors (Lipinski definition) is 5. The van der Waals surface area contributed by atoms with Crippen LogP contribution in [-0.4, -0.2) is 282 Å². The van der Waals surface area contributed by atoms with E-state index in [-0.39, 0.29) is 231 Å². The molecule has 0 bridgehead atoms. The van der Waals surface area contributed by atoms with Gasteiger partial charge in [-0.25, -0.2) is 15.0 Å². The molecule has 0 unspecified atom stereocenters. The second-order valence-electron chi connectivity index (χ2n) is 20.9. The fourth-order valence-electron chi connectivity index (χ4n) is 10.9.